The number of anilines is 1. The van der Waals surface area contributed by atoms with Crippen LogP contribution in [0.5, 0.6) is 0 Å². The first kappa shape index (κ1) is 39.2. The summed E-state index contributed by atoms with van der Waals surface area (Å²) in [6, 6.07) is 9.31. The molecular formula is C40H51N7O8. The molecule has 15 heteroatoms. The summed E-state index contributed by atoms with van der Waals surface area (Å²) in [6.07, 6.45) is 3.04. The topological polar surface area (TPSA) is 187 Å². The highest BCUT2D eigenvalue weighted by Gasteiger charge is 2.46. The molecule has 6 rings (SSSR count). The van der Waals surface area contributed by atoms with Crippen LogP contribution in [0.4, 0.5) is 10.5 Å². The molecule has 0 bridgehead atoms. The smallest absolute Gasteiger partial charge is 0.328 e. The maximum absolute atomic E-state index is 14.5. The van der Waals surface area contributed by atoms with Gasteiger partial charge in [-0.3, -0.25) is 24.0 Å². The van der Waals surface area contributed by atoms with Gasteiger partial charge in [0, 0.05) is 31.7 Å². The highest BCUT2D eigenvalue weighted by Crippen LogP contribution is 2.28. The number of ether oxygens (including phenoxy) is 1. The molecular weight excluding hydrogens is 706 g/mol. The summed E-state index contributed by atoms with van der Waals surface area (Å²) < 4.78 is 5.75. The fourth-order valence-corrected chi connectivity index (χ4v) is 8.01. The van der Waals surface area contributed by atoms with E-state index in [0.29, 0.717) is 50.8 Å². The van der Waals surface area contributed by atoms with Crippen molar-refractivity contribution in [3.8, 4) is 0 Å². The lowest BCUT2D eigenvalue weighted by atomic mass is 9.99. The minimum atomic E-state index is -1.43. The summed E-state index contributed by atoms with van der Waals surface area (Å²) in [6.45, 7) is 5.61. The van der Waals surface area contributed by atoms with E-state index in [2.05, 4.69) is 21.3 Å². The first-order valence-electron chi connectivity index (χ1n) is 19.3. The molecule has 0 radical (unpaired) electrons. The van der Waals surface area contributed by atoms with Gasteiger partial charge >= 0.3 is 12.0 Å². The van der Waals surface area contributed by atoms with Crippen LogP contribution in [0.1, 0.15) is 63.5 Å². The van der Waals surface area contributed by atoms with E-state index in [1.165, 1.54) is 14.7 Å². The quantitative estimate of drug-likeness (QED) is 0.322. The number of rotatable bonds is 6. The summed E-state index contributed by atoms with van der Waals surface area (Å²) in [5, 5.41) is 11.0. The van der Waals surface area contributed by atoms with Crippen LogP contribution in [0.2, 0.25) is 0 Å². The van der Waals surface area contributed by atoms with Gasteiger partial charge in [0.05, 0.1) is 0 Å². The van der Waals surface area contributed by atoms with E-state index in [-0.39, 0.29) is 31.3 Å². The van der Waals surface area contributed by atoms with Crippen LogP contribution in [0.25, 0.3) is 0 Å². The van der Waals surface area contributed by atoms with E-state index in [0.717, 1.165) is 11.1 Å². The van der Waals surface area contributed by atoms with Gasteiger partial charge in [-0.25, -0.2) is 9.59 Å². The number of hydrogen-bond donors (Lipinski definition) is 4. The molecule has 2 aromatic carbocycles. The van der Waals surface area contributed by atoms with Crippen LogP contribution in [0, 0.1) is 12.8 Å². The Balaban J connectivity index is 1.29. The summed E-state index contributed by atoms with van der Waals surface area (Å²) >= 11 is 0. The van der Waals surface area contributed by atoms with Gasteiger partial charge in [0.25, 0.3) is 0 Å². The maximum atomic E-state index is 14.5. The predicted molar refractivity (Wildman–Crippen MR) is 201 cm³/mol. The molecule has 294 valence electrons. The van der Waals surface area contributed by atoms with Crippen molar-refractivity contribution in [1.82, 2.24) is 30.7 Å². The molecule has 0 spiro atoms. The molecule has 4 aliphatic rings. The Labute approximate surface area is 320 Å². The zero-order valence-corrected chi connectivity index (χ0v) is 31.6. The molecule has 15 nitrogen and oxygen atoms in total. The van der Waals surface area contributed by atoms with Gasteiger partial charge in [-0.2, -0.15) is 0 Å². The van der Waals surface area contributed by atoms with Gasteiger partial charge in [-0.15, -0.1) is 0 Å². The number of cyclic esters (lactones) is 1. The minimum absolute atomic E-state index is 0.0451. The van der Waals surface area contributed by atoms with Crippen LogP contribution < -0.4 is 21.3 Å². The molecule has 4 N–H and O–H groups in total. The van der Waals surface area contributed by atoms with E-state index in [9.17, 15) is 33.6 Å². The zero-order valence-electron chi connectivity index (χ0n) is 31.6. The summed E-state index contributed by atoms with van der Waals surface area (Å²) in [4.78, 5) is 101. The van der Waals surface area contributed by atoms with Crippen molar-refractivity contribution in [2.24, 2.45) is 5.92 Å². The van der Waals surface area contributed by atoms with E-state index in [1.54, 1.807) is 31.2 Å². The second-order valence-electron chi connectivity index (χ2n) is 15.2. The molecule has 1 unspecified atom stereocenters. The molecule has 0 saturated carbocycles. The second kappa shape index (κ2) is 17.3. The Bertz CT molecular complexity index is 1770. The summed E-state index contributed by atoms with van der Waals surface area (Å²) in [5.41, 5.74) is 2.27. The van der Waals surface area contributed by atoms with E-state index in [4.69, 9.17) is 4.74 Å². The lowest BCUT2D eigenvalue weighted by Gasteiger charge is -2.39. The Morgan fingerprint density at radius 3 is 2.25 bits per heavy atom. The molecule has 4 heterocycles. The van der Waals surface area contributed by atoms with Crippen molar-refractivity contribution in [3.63, 3.8) is 0 Å². The van der Waals surface area contributed by atoms with Crippen molar-refractivity contribution in [1.29, 1.82) is 0 Å². The average Bonchev–Trinajstić information content (AvgIpc) is 3.83. The number of esters is 1. The number of benzene rings is 2. The Kier molecular flexibility index (Phi) is 12.4. The average molecular weight is 758 g/mol. The molecule has 4 aliphatic heterocycles. The molecule has 0 aromatic heterocycles. The van der Waals surface area contributed by atoms with E-state index < -0.39 is 78.5 Å². The number of nitrogens with one attached hydrogen (secondary N) is 4. The molecule has 2 aromatic rings. The highest BCUT2D eigenvalue weighted by molar-refractivity contribution is 5.98. The van der Waals surface area contributed by atoms with Gasteiger partial charge in [-0.05, 0) is 76.0 Å². The third-order valence-electron chi connectivity index (χ3n) is 10.9. The van der Waals surface area contributed by atoms with Crippen molar-refractivity contribution in [2.45, 2.75) is 102 Å². The Hall–Kier alpha value is -5.47. The third kappa shape index (κ3) is 9.26. The highest BCUT2D eigenvalue weighted by atomic mass is 16.5. The summed E-state index contributed by atoms with van der Waals surface area (Å²) in [7, 11) is 0. The molecule has 4 saturated heterocycles. The van der Waals surface area contributed by atoms with Crippen LogP contribution in [-0.4, -0.2) is 119 Å². The van der Waals surface area contributed by atoms with Gasteiger partial charge in [0.15, 0.2) is 0 Å². The maximum Gasteiger partial charge on any atom is 0.328 e. The molecule has 55 heavy (non-hydrogen) atoms. The lowest BCUT2D eigenvalue weighted by molar-refractivity contribution is -0.158. The first-order valence-corrected chi connectivity index (χ1v) is 19.3. The second-order valence-corrected chi connectivity index (χ2v) is 15.2. The normalized spacial score (nSPS) is 27.0. The fraction of sp³-hybridized carbons (Fsp3) is 0.525. The van der Waals surface area contributed by atoms with Crippen LogP contribution in [0.3, 0.4) is 0 Å². The Morgan fingerprint density at radius 2 is 1.51 bits per heavy atom. The number of piperidine rings is 1. The summed E-state index contributed by atoms with van der Waals surface area (Å²) in [5.74, 6) is -3.44. The molecule has 4 fully saturated rings. The van der Waals surface area contributed by atoms with Gasteiger partial charge < -0.3 is 40.7 Å². The van der Waals surface area contributed by atoms with Crippen molar-refractivity contribution < 1.29 is 38.3 Å². The number of amides is 7. The van der Waals surface area contributed by atoms with Crippen molar-refractivity contribution >= 4 is 47.2 Å². The largest absolute Gasteiger partial charge is 0.461 e. The number of aryl methyl sites for hydroxylation is 1. The lowest BCUT2D eigenvalue weighted by Crippen LogP contribution is -2.62. The predicted octanol–water partition coefficient (Wildman–Crippen LogP) is 1.88. The van der Waals surface area contributed by atoms with E-state index >= 15 is 0 Å². The molecule has 0 aliphatic carbocycles. The number of hydrogen-bond acceptors (Lipinski definition) is 8. The molecule has 7 amide bonds. The zero-order chi connectivity index (χ0) is 39.2. The van der Waals surface area contributed by atoms with E-state index in [1.807, 2.05) is 44.2 Å². The standard InChI is InChI=1S/C40H51N7O8/c1-24-14-16-28(17-15-24)42-40(54)44-29(21-27-10-5-4-6-11-27)34(48)43-30-23-55-39(53)33-20-25(2)22-47(33)36(50)26(3)41-35(49)31-12-7-8-18-45(31)38(52)32-13-9-19-46(32)37(30)51/h4-6,10-11,14-17,25-26,29-33H,7-9,12-13,18-23H2,1-3H3,(H,41,49)(H,43,48)(H2,42,44,54)/t25-,26?,29+,30+,31+,32+,33+/m1/s1. The van der Waals surface area contributed by atoms with Crippen LogP contribution >= 0.6 is 0 Å². The number of fused-ring (bicyclic) bond motifs is 3. The first-order chi connectivity index (χ1) is 26.4. The van der Waals surface area contributed by atoms with Gasteiger partial charge in [0.2, 0.25) is 29.5 Å². The van der Waals surface area contributed by atoms with Gasteiger partial charge in [-0.1, -0.05) is 55.0 Å². The third-order valence-corrected chi connectivity index (χ3v) is 10.9. The van der Waals surface area contributed by atoms with Crippen LogP contribution in [-0.2, 0) is 39.9 Å². The fourth-order valence-electron chi connectivity index (χ4n) is 8.01. The van der Waals surface area contributed by atoms with Crippen molar-refractivity contribution in [2.75, 3.05) is 31.6 Å². The number of carbonyl (C=O) groups excluding carboxylic acids is 7. The number of nitrogens with zero attached hydrogens (tertiary/aromatic N) is 3. The van der Waals surface area contributed by atoms with Gasteiger partial charge in [0.1, 0.15) is 42.9 Å². The van der Waals surface area contributed by atoms with Crippen LogP contribution in [0.15, 0.2) is 54.6 Å². The van der Waals surface area contributed by atoms with Crippen molar-refractivity contribution in [3.05, 3.63) is 65.7 Å². The Morgan fingerprint density at radius 1 is 0.818 bits per heavy atom. The monoisotopic (exact) mass is 757 g/mol. The molecule has 7 atom stereocenters. The number of urea groups is 1. The SMILES string of the molecule is Cc1ccc(NC(=O)N[C@@H](Cc2ccccc2)C(=O)N[C@H]2COC(=O)[C@@H]3C[C@@H](C)CN3C(=O)C(C)NC(=O)[C@@H]3CCCCN3C(=O)[C@@H]3CCCN3C2=O)cc1. The minimum Gasteiger partial charge on any atom is -0.461 e. The number of carbonyl (C=O) groups is 7.